The molecule has 0 heterocycles. The zero-order valence-corrected chi connectivity index (χ0v) is 17.7. The van der Waals surface area contributed by atoms with Crippen LogP contribution in [0.3, 0.4) is 0 Å². The zero-order valence-electron chi connectivity index (χ0n) is 17.7. The van der Waals surface area contributed by atoms with Gasteiger partial charge in [0.2, 0.25) is 0 Å². The zero-order chi connectivity index (χ0) is 20.9. The van der Waals surface area contributed by atoms with Crippen LogP contribution in [-0.4, -0.2) is 67.4 Å². The van der Waals surface area contributed by atoms with Gasteiger partial charge >= 0.3 is 0 Å². The van der Waals surface area contributed by atoms with Gasteiger partial charge in [0.15, 0.2) is 6.17 Å². The van der Waals surface area contributed by atoms with Crippen LogP contribution >= 0.6 is 0 Å². The molecule has 0 bridgehead atoms. The van der Waals surface area contributed by atoms with Gasteiger partial charge in [-0.2, -0.15) is 5.10 Å². The largest absolute Gasteiger partial charge is 0.489 e. The van der Waals surface area contributed by atoms with Crippen molar-refractivity contribution in [2.75, 3.05) is 39.2 Å². The van der Waals surface area contributed by atoms with Crippen molar-refractivity contribution in [2.24, 2.45) is 15.4 Å². The molecule has 2 unspecified atom stereocenters. The molecule has 2 atom stereocenters. The summed E-state index contributed by atoms with van der Waals surface area (Å²) in [6.45, 7) is 10.8. The molecule has 8 nitrogen and oxygen atoms in total. The van der Waals surface area contributed by atoms with Crippen LogP contribution < -0.4 is 10.1 Å². The van der Waals surface area contributed by atoms with Crippen molar-refractivity contribution in [3.05, 3.63) is 36.4 Å². The topological polar surface area (TPSA) is 85.1 Å². The number of aliphatic hydroxyl groups excluding tert-OH is 1. The Hall–Kier alpha value is -2.61. The molecule has 0 saturated carbocycles. The van der Waals surface area contributed by atoms with Crippen LogP contribution in [0, 0.1) is 0 Å². The summed E-state index contributed by atoms with van der Waals surface area (Å²) in [5, 5.41) is 28.7. The van der Waals surface area contributed by atoms with Gasteiger partial charge in [0.25, 0.3) is 0 Å². The molecule has 156 valence electrons. The van der Waals surface area contributed by atoms with E-state index in [1.165, 1.54) is 0 Å². The number of para-hydroxylation sites is 2. The fourth-order valence-corrected chi connectivity index (χ4v) is 2.37. The Morgan fingerprint density at radius 1 is 1.36 bits per heavy atom. The Morgan fingerprint density at radius 2 is 2.07 bits per heavy atom. The van der Waals surface area contributed by atoms with Gasteiger partial charge in [-0.1, -0.05) is 29.5 Å². The molecule has 0 aromatic heterocycles. The monoisotopic (exact) mass is 390 g/mol. The Kier molecular flexibility index (Phi) is 10.6. The van der Waals surface area contributed by atoms with E-state index in [0.29, 0.717) is 12.3 Å². The maximum absolute atomic E-state index is 8.99. The predicted molar refractivity (Wildman–Crippen MR) is 115 cm³/mol. The molecule has 0 saturated heterocycles. The fraction of sp³-hybridized carbons (Fsp3) is 0.550. The Bertz CT molecular complexity index is 649. The van der Waals surface area contributed by atoms with Gasteiger partial charge in [0.1, 0.15) is 12.4 Å². The summed E-state index contributed by atoms with van der Waals surface area (Å²) in [5.41, 5.74) is 1.90. The summed E-state index contributed by atoms with van der Waals surface area (Å²) in [7, 11) is 3.76. The van der Waals surface area contributed by atoms with Gasteiger partial charge < -0.3 is 15.2 Å². The third-order valence-electron chi connectivity index (χ3n) is 4.11. The highest BCUT2D eigenvalue weighted by molar-refractivity contribution is 5.57. The highest BCUT2D eigenvalue weighted by atomic mass is 16.5. The van der Waals surface area contributed by atoms with Gasteiger partial charge in [-0.3, -0.25) is 10.0 Å². The van der Waals surface area contributed by atoms with Crippen LogP contribution in [0.15, 0.2) is 51.9 Å². The average molecular weight is 391 g/mol. The van der Waals surface area contributed by atoms with Crippen molar-refractivity contribution in [3.63, 3.8) is 0 Å². The predicted octanol–water partition coefficient (Wildman–Crippen LogP) is 3.39. The maximum atomic E-state index is 8.99. The first-order valence-electron chi connectivity index (χ1n) is 9.47. The quantitative estimate of drug-likeness (QED) is 0.233. The first-order chi connectivity index (χ1) is 13.4. The number of benzene rings is 1. The van der Waals surface area contributed by atoms with Crippen LogP contribution in [0.4, 0.5) is 5.69 Å². The van der Waals surface area contributed by atoms with E-state index in [0.717, 1.165) is 17.7 Å². The van der Waals surface area contributed by atoms with Crippen molar-refractivity contribution in [1.82, 2.24) is 10.0 Å². The van der Waals surface area contributed by atoms with Crippen molar-refractivity contribution in [3.8, 4) is 5.75 Å². The van der Waals surface area contributed by atoms with Crippen LogP contribution in [-0.2, 0) is 0 Å². The molecule has 0 spiro atoms. The average Bonchev–Trinajstić information content (AvgIpc) is 2.68. The van der Waals surface area contributed by atoms with Gasteiger partial charge in [-0.25, -0.2) is 0 Å². The molecular weight excluding hydrogens is 356 g/mol. The second kappa shape index (κ2) is 12.7. The van der Waals surface area contributed by atoms with Crippen molar-refractivity contribution in [1.29, 1.82) is 0 Å². The molecular formula is C20H34N6O2. The van der Waals surface area contributed by atoms with E-state index in [1.807, 2.05) is 64.1 Å². The molecule has 8 heteroatoms. The summed E-state index contributed by atoms with van der Waals surface area (Å²) in [6, 6.07) is 7.74. The summed E-state index contributed by atoms with van der Waals surface area (Å²) in [4.78, 5) is 0. The molecule has 0 aliphatic rings. The van der Waals surface area contributed by atoms with Gasteiger partial charge in [0, 0.05) is 32.9 Å². The number of rotatable bonds is 13. The van der Waals surface area contributed by atoms with Crippen LogP contribution in [0.1, 0.15) is 27.2 Å². The maximum Gasteiger partial charge on any atom is 0.156 e. The number of anilines is 1. The van der Waals surface area contributed by atoms with E-state index in [4.69, 9.17) is 9.84 Å². The SMILES string of the molecule is C=C(C)C(CCN(C)/N=N\C(C)N(C)/N=C\C)Nc1ccccc1OCCO. The molecule has 1 rings (SSSR count). The summed E-state index contributed by atoms with van der Waals surface area (Å²) < 4.78 is 5.60. The normalized spacial score (nSPS) is 13.5. The molecule has 28 heavy (non-hydrogen) atoms. The van der Waals surface area contributed by atoms with Crippen molar-refractivity contribution < 1.29 is 9.84 Å². The van der Waals surface area contributed by atoms with E-state index < -0.39 is 0 Å². The lowest BCUT2D eigenvalue weighted by Gasteiger charge is -2.24. The molecule has 1 aromatic rings. The number of nitrogens with zero attached hydrogens (tertiary/aromatic N) is 5. The molecule has 0 aliphatic carbocycles. The Labute approximate surface area is 168 Å². The molecule has 0 radical (unpaired) electrons. The standard InChI is InChI=1S/C20H34N6O2/c1-7-21-26(6)17(4)23-24-25(5)13-12-18(16(2)3)22-19-10-8-9-11-20(19)28-15-14-27/h7-11,17-18,22,27H,2,12-15H2,1,3-6H3/b21-7-,24-23-. The molecule has 0 fully saturated rings. The minimum absolute atomic E-state index is 0.0226. The van der Waals surface area contributed by atoms with E-state index in [9.17, 15) is 0 Å². The number of hydrogen-bond acceptors (Lipinski definition) is 7. The lowest BCUT2D eigenvalue weighted by atomic mass is 10.1. The Morgan fingerprint density at radius 3 is 2.71 bits per heavy atom. The van der Waals surface area contributed by atoms with E-state index >= 15 is 0 Å². The number of ether oxygens (including phenoxy) is 1. The van der Waals surface area contributed by atoms with Crippen molar-refractivity contribution in [2.45, 2.75) is 39.4 Å². The van der Waals surface area contributed by atoms with E-state index in [2.05, 4.69) is 27.3 Å². The van der Waals surface area contributed by atoms with Gasteiger partial charge in [-0.05, 0) is 39.3 Å². The highest BCUT2D eigenvalue weighted by Gasteiger charge is 2.13. The highest BCUT2D eigenvalue weighted by Crippen LogP contribution is 2.26. The lowest BCUT2D eigenvalue weighted by molar-refractivity contribution is 0.202. The van der Waals surface area contributed by atoms with Crippen LogP contribution in [0.5, 0.6) is 5.75 Å². The van der Waals surface area contributed by atoms with Gasteiger partial charge in [-0.15, -0.1) is 5.11 Å². The summed E-state index contributed by atoms with van der Waals surface area (Å²) in [5.74, 6) is 0.712. The Balaban J connectivity index is 2.65. The molecule has 1 aromatic carbocycles. The fourth-order valence-electron chi connectivity index (χ4n) is 2.37. The van der Waals surface area contributed by atoms with Crippen LogP contribution in [0.25, 0.3) is 0 Å². The van der Waals surface area contributed by atoms with Crippen molar-refractivity contribution >= 4 is 11.9 Å². The van der Waals surface area contributed by atoms with Crippen LogP contribution in [0.2, 0.25) is 0 Å². The van der Waals surface area contributed by atoms with E-state index in [1.54, 1.807) is 11.2 Å². The second-order valence-corrected chi connectivity index (χ2v) is 6.57. The first kappa shape index (κ1) is 23.4. The third kappa shape index (κ3) is 8.39. The first-order valence-corrected chi connectivity index (χ1v) is 9.47. The lowest BCUT2D eigenvalue weighted by Crippen LogP contribution is -2.27. The molecule has 0 aliphatic heterocycles. The van der Waals surface area contributed by atoms with E-state index in [-0.39, 0.29) is 25.4 Å². The number of nitrogens with one attached hydrogen (secondary N) is 1. The molecule has 0 amide bonds. The number of aliphatic hydroxyl groups is 1. The second-order valence-electron chi connectivity index (χ2n) is 6.57. The smallest absolute Gasteiger partial charge is 0.156 e. The number of hydrogen-bond donors (Lipinski definition) is 2. The minimum Gasteiger partial charge on any atom is -0.489 e. The number of hydrazone groups is 1. The third-order valence-corrected chi connectivity index (χ3v) is 4.11. The summed E-state index contributed by atoms with van der Waals surface area (Å²) in [6.07, 6.45) is 2.39. The summed E-state index contributed by atoms with van der Waals surface area (Å²) >= 11 is 0. The van der Waals surface area contributed by atoms with Gasteiger partial charge in [0.05, 0.1) is 12.3 Å². The minimum atomic E-state index is -0.135. The molecule has 2 N–H and O–H groups in total.